The van der Waals surface area contributed by atoms with Crippen LogP contribution in [0.25, 0.3) is 11.5 Å². The van der Waals surface area contributed by atoms with Gasteiger partial charge in [0.15, 0.2) is 5.69 Å². The number of alkyl halides is 3. The molecule has 1 amide bonds. The molecule has 30 heavy (non-hydrogen) atoms. The molecule has 9 heteroatoms. The van der Waals surface area contributed by atoms with Crippen LogP contribution in [-0.4, -0.2) is 22.4 Å². The van der Waals surface area contributed by atoms with E-state index in [-0.39, 0.29) is 11.6 Å². The average molecular weight is 416 g/mol. The molecule has 4 rings (SSSR count). The molecule has 1 aromatic carbocycles. The number of carbonyl (C=O) groups excluding carboxylic acids is 1. The number of halogens is 3. The summed E-state index contributed by atoms with van der Waals surface area (Å²) in [6, 6.07) is 11.3. The van der Waals surface area contributed by atoms with Crippen LogP contribution >= 0.6 is 0 Å². The van der Waals surface area contributed by atoms with Gasteiger partial charge in [0, 0.05) is 12.1 Å². The second kappa shape index (κ2) is 8.17. The molecule has 1 saturated carbocycles. The predicted molar refractivity (Wildman–Crippen MR) is 105 cm³/mol. The third-order valence-electron chi connectivity index (χ3n) is 4.94. The van der Waals surface area contributed by atoms with Crippen molar-refractivity contribution in [3.8, 4) is 11.5 Å². The average Bonchev–Trinajstić information content (AvgIpc) is 3.15. The predicted octanol–water partition coefficient (Wildman–Crippen LogP) is 5.22. The minimum atomic E-state index is -4.86. The van der Waals surface area contributed by atoms with E-state index in [9.17, 15) is 18.0 Å². The maximum absolute atomic E-state index is 13.4. The number of aromatic nitrogens is 2. The number of nitrogens with zero attached hydrogens (tertiary/aromatic N) is 2. The van der Waals surface area contributed by atoms with Gasteiger partial charge in [-0.3, -0.25) is 4.79 Å². The van der Waals surface area contributed by atoms with Gasteiger partial charge in [-0.05, 0) is 43.0 Å². The fourth-order valence-electron chi connectivity index (χ4n) is 3.08. The third-order valence-corrected chi connectivity index (χ3v) is 4.94. The van der Waals surface area contributed by atoms with Crippen LogP contribution in [0.4, 0.5) is 24.7 Å². The summed E-state index contributed by atoms with van der Waals surface area (Å²) in [4.78, 5) is 20.5. The quantitative estimate of drug-likeness (QED) is 0.576. The lowest BCUT2D eigenvalue weighted by atomic mass is 9.85. The minimum Gasteiger partial charge on any atom is -0.431 e. The Hall–Kier alpha value is -3.36. The first-order valence-corrected chi connectivity index (χ1v) is 9.55. The van der Waals surface area contributed by atoms with Gasteiger partial charge in [-0.1, -0.05) is 24.6 Å². The summed E-state index contributed by atoms with van der Waals surface area (Å²) >= 11 is 0. The molecule has 156 valence electrons. The van der Waals surface area contributed by atoms with Gasteiger partial charge in [0.1, 0.15) is 5.82 Å². The maximum atomic E-state index is 13.4. The van der Waals surface area contributed by atoms with Crippen molar-refractivity contribution in [1.82, 2.24) is 9.97 Å². The van der Waals surface area contributed by atoms with E-state index in [0.29, 0.717) is 17.3 Å². The number of rotatable bonds is 6. The van der Waals surface area contributed by atoms with E-state index in [2.05, 4.69) is 20.6 Å². The van der Waals surface area contributed by atoms with Crippen molar-refractivity contribution in [2.24, 2.45) is 5.92 Å². The molecular weight excluding hydrogens is 397 g/mol. The van der Waals surface area contributed by atoms with Gasteiger partial charge in [0.05, 0.1) is 11.9 Å². The zero-order valence-corrected chi connectivity index (χ0v) is 15.9. The van der Waals surface area contributed by atoms with Crippen LogP contribution in [-0.2, 0) is 6.18 Å². The zero-order valence-electron chi connectivity index (χ0n) is 15.9. The highest BCUT2D eigenvalue weighted by atomic mass is 19.4. The number of benzene rings is 1. The van der Waals surface area contributed by atoms with Crippen LogP contribution in [0, 0.1) is 5.92 Å². The topological polar surface area (TPSA) is 80.0 Å². The summed E-state index contributed by atoms with van der Waals surface area (Å²) in [6.07, 6.45) is 0.169. The van der Waals surface area contributed by atoms with Crippen molar-refractivity contribution in [3.05, 3.63) is 60.1 Å². The fraction of sp³-hybridized carbons (Fsp3) is 0.286. The Kier molecular flexibility index (Phi) is 5.43. The van der Waals surface area contributed by atoms with Gasteiger partial charge < -0.3 is 15.1 Å². The van der Waals surface area contributed by atoms with Crippen LogP contribution in [0.15, 0.2) is 53.1 Å². The van der Waals surface area contributed by atoms with Gasteiger partial charge >= 0.3 is 6.18 Å². The molecule has 0 bridgehead atoms. The second-order valence-corrected chi connectivity index (χ2v) is 7.12. The smallest absolute Gasteiger partial charge is 0.431 e. The standard InChI is InChI=1S/C21H19F3N4O2/c22-21(23,24)18-17(28-20(30-18)14-7-2-1-3-8-14)19(29)27-15-9-10-16(26-12-15)25-11-13-5-4-6-13/h1-3,7-10,12-13H,4-6,11H2,(H,25,26)(H,27,29). The summed E-state index contributed by atoms with van der Waals surface area (Å²) in [5.41, 5.74) is -0.231. The summed E-state index contributed by atoms with van der Waals surface area (Å²) in [5, 5.41) is 5.61. The van der Waals surface area contributed by atoms with Gasteiger partial charge in [0.2, 0.25) is 11.7 Å². The Morgan fingerprint density at radius 3 is 2.50 bits per heavy atom. The van der Waals surface area contributed by atoms with E-state index in [4.69, 9.17) is 4.42 Å². The lowest BCUT2D eigenvalue weighted by molar-refractivity contribution is -0.153. The molecule has 2 aromatic heterocycles. The molecule has 0 saturated heterocycles. The van der Waals surface area contributed by atoms with Crippen molar-refractivity contribution in [3.63, 3.8) is 0 Å². The molecule has 6 nitrogen and oxygen atoms in total. The van der Waals surface area contributed by atoms with Gasteiger partial charge in [-0.15, -0.1) is 0 Å². The summed E-state index contributed by atoms with van der Waals surface area (Å²) < 4.78 is 45.0. The molecular formula is C21H19F3N4O2. The normalized spacial score (nSPS) is 14.2. The Labute approximate surface area is 170 Å². The third kappa shape index (κ3) is 4.45. The molecule has 1 aliphatic carbocycles. The molecule has 0 aliphatic heterocycles. The number of amides is 1. The molecule has 2 heterocycles. The number of pyridine rings is 1. The number of hydrogen-bond donors (Lipinski definition) is 2. The molecule has 0 radical (unpaired) electrons. The van der Waals surface area contributed by atoms with Crippen molar-refractivity contribution < 1.29 is 22.4 Å². The Morgan fingerprint density at radius 2 is 1.90 bits per heavy atom. The molecule has 0 atom stereocenters. The van der Waals surface area contributed by atoms with E-state index in [1.807, 2.05) is 0 Å². The largest absolute Gasteiger partial charge is 0.452 e. The minimum absolute atomic E-state index is 0.256. The molecule has 1 fully saturated rings. The Bertz CT molecular complexity index is 1010. The highest BCUT2D eigenvalue weighted by molar-refractivity contribution is 6.04. The molecule has 3 aromatic rings. The van der Waals surface area contributed by atoms with Gasteiger partial charge in [0.25, 0.3) is 5.91 Å². The number of nitrogens with one attached hydrogen (secondary N) is 2. The van der Waals surface area contributed by atoms with Crippen LogP contribution in [0.1, 0.15) is 35.5 Å². The SMILES string of the molecule is O=C(Nc1ccc(NCC2CCC2)nc1)c1nc(-c2ccccc2)oc1C(F)(F)F. The first-order valence-electron chi connectivity index (χ1n) is 9.55. The molecule has 1 aliphatic rings. The first kappa shape index (κ1) is 19.9. The number of anilines is 2. The van der Waals surface area contributed by atoms with E-state index in [1.165, 1.54) is 25.5 Å². The van der Waals surface area contributed by atoms with Gasteiger partial charge in [-0.25, -0.2) is 9.97 Å². The second-order valence-electron chi connectivity index (χ2n) is 7.12. The first-order chi connectivity index (χ1) is 14.4. The van der Waals surface area contributed by atoms with Crippen LogP contribution in [0.2, 0.25) is 0 Å². The van der Waals surface area contributed by atoms with Crippen LogP contribution in [0.5, 0.6) is 0 Å². The lowest BCUT2D eigenvalue weighted by Gasteiger charge is -2.25. The number of carbonyl (C=O) groups is 1. The van der Waals surface area contributed by atoms with E-state index in [0.717, 1.165) is 6.54 Å². The Morgan fingerprint density at radius 1 is 1.13 bits per heavy atom. The van der Waals surface area contributed by atoms with Crippen molar-refractivity contribution >= 4 is 17.4 Å². The molecule has 0 spiro atoms. The Balaban J connectivity index is 1.50. The zero-order chi connectivity index (χ0) is 21.1. The van der Waals surface area contributed by atoms with Crippen molar-refractivity contribution in [2.75, 3.05) is 17.2 Å². The fourth-order valence-corrected chi connectivity index (χ4v) is 3.08. The monoisotopic (exact) mass is 416 g/mol. The number of hydrogen-bond acceptors (Lipinski definition) is 5. The van der Waals surface area contributed by atoms with Crippen molar-refractivity contribution in [1.29, 1.82) is 0 Å². The van der Waals surface area contributed by atoms with E-state index in [1.54, 1.807) is 42.5 Å². The summed E-state index contributed by atoms with van der Waals surface area (Å²) in [5.74, 6) is -1.45. The van der Waals surface area contributed by atoms with E-state index >= 15 is 0 Å². The van der Waals surface area contributed by atoms with Gasteiger partial charge in [-0.2, -0.15) is 13.2 Å². The maximum Gasteiger partial charge on any atom is 0.452 e. The lowest BCUT2D eigenvalue weighted by Crippen LogP contribution is -2.21. The molecule has 0 unspecified atom stereocenters. The molecule has 2 N–H and O–H groups in total. The van der Waals surface area contributed by atoms with Crippen LogP contribution in [0.3, 0.4) is 0 Å². The van der Waals surface area contributed by atoms with E-state index < -0.39 is 23.5 Å². The summed E-state index contributed by atoms with van der Waals surface area (Å²) in [6.45, 7) is 0.828. The highest BCUT2D eigenvalue weighted by Gasteiger charge is 2.42. The summed E-state index contributed by atoms with van der Waals surface area (Å²) in [7, 11) is 0. The number of oxazole rings is 1. The van der Waals surface area contributed by atoms with Crippen LogP contribution < -0.4 is 10.6 Å². The van der Waals surface area contributed by atoms with Crippen molar-refractivity contribution in [2.45, 2.75) is 25.4 Å². The highest BCUT2D eigenvalue weighted by Crippen LogP contribution is 2.35.